The van der Waals surface area contributed by atoms with Crippen LogP contribution in [-0.4, -0.2) is 12.0 Å². The lowest BCUT2D eigenvalue weighted by Gasteiger charge is -1.91. The van der Waals surface area contributed by atoms with Crippen molar-refractivity contribution >= 4 is 16.8 Å². The molecule has 0 radical (unpaired) electrons. The lowest BCUT2D eigenvalue weighted by atomic mass is 10.4. The Kier molecular flexibility index (Phi) is 1.28. The van der Waals surface area contributed by atoms with Crippen LogP contribution < -0.4 is 5.32 Å². The summed E-state index contributed by atoms with van der Waals surface area (Å²) in [5.41, 5.74) is 2.63. The number of furan rings is 1. The summed E-state index contributed by atoms with van der Waals surface area (Å²) in [5.74, 6) is 0. The summed E-state index contributed by atoms with van der Waals surface area (Å²) in [5, 5.41) is 2.99. The second kappa shape index (κ2) is 2.27. The van der Waals surface area contributed by atoms with Crippen LogP contribution >= 0.6 is 0 Å². The molecule has 0 amide bonds. The van der Waals surface area contributed by atoms with Crippen LogP contribution in [0.2, 0.25) is 0 Å². The highest BCUT2D eigenvalue weighted by Gasteiger charge is 2.02. The molecule has 0 bridgehead atoms. The first kappa shape index (κ1) is 6.22. The highest BCUT2D eigenvalue weighted by Crippen LogP contribution is 2.21. The average molecular weight is 148 g/mol. The number of rotatable bonds is 1. The first-order chi connectivity index (χ1) is 5.42. The summed E-state index contributed by atoms with van der Waals surface area (Å²) in [6, 6.07) is 3.74. The number of pyridine rings is 1. The number of nitrogens with zero attached hydrogens (tertiary/aromatic N) is 1. The standard InChI is InChI=1S/C8H8N2O/c1-9-6-5-11-7-3-2-4-10-8(6)7/h2-5,9H,1H3. The molecule has 2 heterocycles. The minimum Gasteiger partial charge on any atom is -0.460 e. The summed E-state index contributed by atoms with van der Waals surface area (Å²) in [4.78, 5) is 4.16. The van der Waals surface area contributed by atoms with Crippen LogP contribution in [0.5, 0.6) is 0 Å². The number of hydrogen-bond donors (Lipinski definition) is 1. The Bertz CT molecular complexity index is 367. The monoisotopic (exact) mass is 148 g/mol. The molecule has 2 aromatic rings. The summed E-state index contributed by atoms with van der Waals surface area (Å²) in [7, 11) is 1.85. The minimum atomic E-state index is 0.817. The molecule has 2 aromatic heterocycles. The number of nitrogens with one attached hydrogen (secondary N) is 1. The Morgan fingerprint density at radius 1 is 1.55 bits per heavy atom. The lowest BCUT2D eigenvalue weighted by Crippen LogP contribution is -1.85. The fourth-order valence-electron chi connectivity index (χ4n) is 1.04. The maximum atomic E-state index is 5.21. The van der Waals surface area contributed by atoms with Crippen molar-refractivity contribution in [1.82, 2.24) is 4.98 Å². The van der Waals surface area contributed by atoms with Crippen molar-refractivity contribution in [2.45, 2.75) is 0 Å². The second-order valence-electron chi connectivity index (χ2n) is 2.25. The number of aromatic nitrogens is 1. The van der Waals surface area contributed by atoms with Gasteiger partial charge in [-0.15, -0.1) is 0 Å². The molecule has 0 atom stereocenters. The van der Waals surface area contributed by atoms with E-state index >= 15 is 0 Å². The van der Waals surface area contributed by atoms with E-state index in [4.69, 9.17) is 4.42 Å². The molecular weight excluding hydrogens is 140 g/mol. The van der Waals surface area contributed by atoms with Gasteiger partial charge in [0.25, 0.3) is 0 Å². The van der Waals surface area contributed by atoms with Gasteiger partial charge in [0.2, 0.25) is 0 Å². The third-order valence-corrected chi connectivity index (χ3v) is 1.60. The molecule has 0 spiro atoms. The van der Waals surface area contributed by atoms with Crippen LogP contribution in [-0.2, 0) is 0 Å². The van der Waals surface area contributed by atoms with Crippen LogP contribution in [0, 0.1) is 0 Å². The van der Waals surface area contributed by atoms with E-state index in [1.165, 1.54) is 0 Å². The number of anilines is 1. The van der Waals surface area contributed by atoms with E-state index in [0.29, 0.717) is 0 Å². The topological polar surface area (TPSA) is 38.1 Å². The molecule has 0 unspecified atom stereocenters. The Hall–Kier alpha value is -1.51. The maximum Gasteiger partial charge on any atom is 0.154 e. The third-order valence-electron chi connectivity index (χ3n) is 1.60. The largest absolute Gasteiger partial charge is 0.460 e. The minimum absolute atomic E-state index is 0.817. The van der Waals surface area contributed by atoms with Crippen molar-refractivity contribution in [3.8, 4) is 0 Å². The molecule has 0 saturated heterocycles. The normalized spacial score (nSPS) is 10.3. The van der Waals surface area contributed by atoms with Gasteiger partial charge in [-0.05, 0) is 12.1 Å². The smallest absolute Gasteiger partial charge is 0.154 e. The first-order valence-corrected chi connectivity index (χ1v) is 3.42. The summed E-state index contributed by atoms with van der Waals surface area (Å²) in [6.45, 7) is 0. The highest BCUT2D eigenvalue weighted by molar-refractivity contribution is 5.86. The van der Waals surface area contributed by atoms with Crippen LogP contribution in [0.1, 0.15) is 0 Å². The maximum absolute atomic E-state index is 5.21. The zero-order chi connectivity index (χ0) is 7.68. The van der Waals surface area contributed by atoms with E-state index in [9.17, 15) is 0 Å². The van der Waals surface area contributed by atoms with Crippen LogP contribution in [0.3, 0.4) is 0 Å². The van der Waals surface area contributed by atoms with E-state index < -0.39 is 0 Å². The Labute approximate surface area is 64.0 Å². The Morgan fingerprint density at radius 3 is 3.27 bits per heavy atom. The molecule has 1 N–H and O–H groups in total. The Morgan fingerprint density at radius 2 is 2.45 bits per heavy atom. The van der Waals surface area contributed by atoms with Gasteiger partial charge in [0.15, 0.2) is 5.58 Å². The molecule has 0 saturated carbocycles. The predicted octanol–water partition coefficient (Wildman–Crippen LogP) is 1.87. The molecular formula is C8H8N2O. The molecule has 0 aromatic carbocycles. The summed E-state index contributed by atoms with van der Waals surface area (Å²) < 4.78 is 5.21. The van der Waals surface area contributed by atoms with Gasteiger partial charge in [-0.1, -0.05) is 0 Å². The molecule has 0 aliphatic rings. The van der Waals surface area contributed by atoms with E-state index in [2.05, 4.69) is 10.3 Å². The number of hydrogen-bond acceptors (Lipinski definition) is 3. The summed E-state index contributed by atoms with van der Waals surface area (Å²) >= 11 is 0. The van der Waals surface area contributed by atoms with Gasteiger partial charge in [-0.2, -0.15) is 0 Å². The van der Waals surface area contributed by atoms with Crippen LogP contribution in [0.15, 0.2) is 29.0 Å². The molecule has 3 heteroatoms. The van der Waals surface area contributed by atoms with Gasteiger partial charge in [-0.25, -0.2) is 0 Å². The number of fused-ring (bicyclic) bond motifs is 1. The van der Waals surface area contributed by atoms with E-state index in [1.54, 1.807) is 12.5 Å². The second-order valence-corrected chi connectivity index (χ2v) is 2.25. The van der Waals surface area contributed by atoms with E-state index in [-0.39, 0.29) is 0 Å². The van der Waals surface area contributed by atoms with Gasteiger partial charge in [0.1, 0.15) is 11.8 Å². The van der Waals surface area contributed by atoms with Crippen molar-refractivity contribution in [1.29, 1.82) is 0 Å². The zero-order valence-electron chi connectivity index (χ0n) is 6.16. The van der Waals surface area contributed by atoms with Crippen molar-refractivity contribution in [3.63, 3.8) is 0 Å². The van der Waals surface area contributed by atoms with Gasteiger partial charge >= 0.3 is 0 Å². The fourth-order valence-corrected chi connectivity index (χ4v) is 1.04. The molecule has 0 aliphatic heterocycles. The van der Waals surface area contributed by atoms with Crippen molar-refractivity contribution in [3.05, 3.63) is 24.6 Å². The van der Waals surface area contributed by atoms with Crippen LogP contribution in [0.4, 0.5) is 5.69 Å². The van der Waals surface area contributed by atoms with Gasteiger partial charge in [-0.3, -0.25) is 4.98 Å². The third kappa shape index (κ3) is 0.852. The molecule has 3 nitrogen and oxygen atoms in total. The highest BCUT2D eigenvalue weighted by atomic mass is 16.3. The zero-order valence-corrected chi connectivity index (χ0v) is 6.16. The average Bonchev–Trinajstić information content (AvgIpc) is 2.47. The molecule has 0 aliphatic carbocycles. The first-order valence-electron chi connectivity index (χ1n) is 3.42. The van der Waals surface area contributed by atoms with Crippen LogP contribution in [0.25, 0.3) is 11.1 Å². The van der Waals surface area contributed by atoms with Gasteiger partial charge in [0, 0.05) is 13.2 Å². The SMILES string of the molecule is CNc1coc2cccnc12. The predicted molar refractivity (Wildman–Crippen MR) is 43.6 cm³/mol. The molecule has 56 valence electrons. The van der Waals surface area contributed by atoms with E-state index in [1.807, 2.05) is 19.2 Å². The summed E-state index contributed by atoms with van der Waals surface area (Å²) in [6.07, 6.45) is 3.41. The molecule has 0 fully saturated rings. The lowest BCUT2D eigenvalue weighted by molar-refractivity contribution is 0.616. The van der Waals surface area contributed by atoms with Crippen molar-refractivity contribution < 1.29 is 4.42 Å². The van der Waals surface area contributed by atoms with Crippen molar-refractivity contribution in [2.24, 2.45) is 0 Å². The van der Waals surface area contributed by atoms with Crippen molar-refractivity contribution in [2.75, 3.05) is 12.4 Å². The van der Waals surface area contributed by atoms with E-state index in [0.717, 1.165) is 16.8 Å². The van der Waals surface area contributed by atoms with Gasteiger partial charge < -0.3 is 9.73 Å². The molecule has 2 rings (SSSR count). The van der Waals surface area contributed by atoms with Gasteiger partial charge in [0.05, 0.1) is 5.69 Å². The quantitative estimate of drug-likeness (QED) is 0.670. The molecule has 11 heavy (non-hydrogen) atoms. The fraction of sp³-hybridized carbons (Fsp3) is 0.125. The Balaban J connectivity index is 2.76.